The molecule has 0 aliphatic heterocycles. The van der Waals surface area contributed by atoms with Gasteiger partial charge in [-0.3, -0.25) is 4.79 Å². The predicted octanol–water partition coefficient (Wildman–Crippen LogP) is 4.05. The van der Waals surface area contributed by atoms with Crippen LogP contribution in [0.2, 0.25) is 5.02 Å². The van der Waals surface area contributed by atoms with Crippen LogP contribution in [0.4, 0.5) is 0 Å². The van der Waals surface area contributed by atoms with E-state index in [-0.39, 0.29) is 11.9 Å². The molecule has 0 bridgehead atoms. The molecule has 1 fully saturated rings. The Morgan fingerprint density at radius 3 is 2.68 bits per heavy atom. The third kappa shape index (κ3) is 2.89. The summed E-state index contributed by atoms with van der Waals surface area (Å²) < 4.78 is 1.76. The first-order chi connectivity index (χ1) is 12.1. The summed E-state index contributed by atoms with van der Waals surface area (Å²) in [7, 11) is 0. The second-order valence-electron chi connectivity index (χ2n) is 6.47. The van der Waals surface area contributed by atoms with E-state index >= 15 is 0 Å². The fourth-order valence-electron chi connectivity index (χ4n) is 3.45. The van der Waals surface area contributed by atoms with E-state index in [1.807, 2.05) is 37.3 Å². The zero-order valence-electron chi connectivity index (χ0n) is 14.0. The van der Waals surface area contributed by atoms with Crippen LogP contribution >= 0.6 is 11.6 Å². The second kappa shape index (κ2) is 6.48. The van der Waals surface area contributed by atoms with E-state index < -0.39 is 0 Å². The zero-order valence-corrected chi connectivity index (χ0v) is 14.8. The summed E-state index contributed by atoms with van der Waals surface area (Å²) >= 11 is 6.57. The maximum Gasteiger partial charge on any atom is 0.254 e. The lowest BCUT2D eigenvalue weighted by Crippen LogP contribution is -2.32. The average Bonchev–Trinajstić information content (AvgIpc) is 3.24. The van der Waals surface area contributed by atoms with Gasteiger partial charge in [-0.05, 0) is 31.9 Å². The standard InChI is InChI=1S/C19H19ClN4O/c1-12-16-17(20)15(19(25)22-13-7-5-6-8-13)11-21-18(16)24(23-12)14-9-3-2-4-10-14/h2-4,9-11,13H,5-8H2,1H3,(H,22,25). The van der Waals surface area contributed by atoms with Crippen molar-refractivity contribution in [1.82, 2.24) is 20.1 Å². The normalized spacial score (nSPS) is 15.0. The second-order valence-corrected chi connectivity index (χ2v) is 6.85. The number of carbonyl (C=O) groups excluding carboxylic acids is 1. The zero-order chi connectivity index (χ0) is 17.4. The Kier molecular flexibility index (Phi) is 4.17. The van der Waals surface area contributed by atoms with Gasteiger partial charge in [-0.2, -0.15) is 5.10 Å². The molecule has 6 heteroatoms. The minimum absolute atomic E-state index is 0.154. The van der Waals surface area contributed by atoms with Crippen molar-refractivity contribution in [2.24, 2.45) is 0 Å². The summed E-state index contributed by atoms with van der Waals surface area (Å²) in [6, 6.07) is 10.0. The summed E-state index contributed by atoms with van der Waals surface area (Å²) in [5.41, 5.74) is 2.74. The van der Waals surface area contributed by atoms with Crippen molar-refractivity contribution in [3.8, 4) is 5.69 Å². The summed E-state index contributed by atoms with van der Waals surface area (Å²) in [5.74, 6) is -0.154. The molecule has 4 rings (SSSR count). The summed E-state index contributed by atoms with van der Waals surface area (Å²) in [6.07, 6.45) is 5.95. The van der Waals surface area contributed by atoms with E-state index in [0.29, 0.717) is 16.2 Å². The van der Waals surface area contributed by atoms with Crippen LogP contribution in [-0.2, 0) is 0 Å². The molecular formula is C19H19ClN4O. The minimum atomic E-state index is -0.154. The van der Waals surface area contributed by atoms with E-state index in [9.17, 15) is 4.79 Å². The predicted molar refractivity (Wildman–Crippen MR) is 98.3 cm³/mol. The van der Waals surface area contributed by atoms with Gasteiger partial charge in [-0.25, -0.2) is 9.67 Å². The number of nitrogens with one attached hydrogen (secondary N) is 1. The number of pyridine rings is 1. The number of rotatable bonds is 3. The lowest BCUT2D eigenvalue weighted by atomic mass is 10.1. The number of benzene rings is 1. The van der Waals surface area contributed by atoms with Gasteiger partial charge in [-0.1, -0.05) is 42.6 Å². The fraction of sp³-hybridized carbons (Fsp3) is 0.316. The summed E-state index contributed by atoms with van der Waals surface area (Å²) in [5, 5.41) is 8.77. The number of carbonyl (C=O) groups is 1. The van der Waals surface area contributed by atoms with Crippen molar-refractivity contribution in [3.05, 3.63) is 52.8 Å². The number of hydrogen-bond donors (Lipinski definition) is 1. The molecule has 1 aliphatic rings. The van der Waals surface area contributed by atoms with E-state index in [1.54, 1.807) is 10.9 Å². The van der Waals surface area contributed by atoms with Crippen molar-refractivity contribution < 1.29 is 4.79 Å². The molecule has 0 saturated heterocycles. The molecule has 1 N–H and O–H groups in total. The highest BCUT2D eigenvalue weighted by molar-refractivity contribution is 6.38. The van der Waals surface area contributed by atoms with Gasteiger partial charge in [0.15, 0.2) is 5.65 Å². The highest BCUT2D eigenvalue weighted by atomic mass is 35.5. The van der Waals surface area contributed by atoms with Crippen LogP contribution < -0.4 is 5.32 Å². The highest BCUT2D eigenvalue weighted by Gasteiger charge is 2.23. The molecule has 2 heterocycles. The molecule has 1 amide bonds. The van der Waals surface area contributed by atoms with E-state index in [4.69, 9.17) is 11.6 Å². The molecule has 0 radical (unpaired) electrons. The van der Waals surface area contributed by atoms with Gasteiger partial charge < -0.3 is 5.32 Å². The average molecular weight is 355 g/mol. The molecule has 1 aliphatic carbocycles. The Morgan fingerprint density at radius 2 is 1.96 bits per heavy atom. The fourth-order valence-corrected chi connectivity index (χ4v) is 3.81. The van der Waals surface area contributed by atoms with Crippen LogP contribution in [0.3, 0.4) is 0 Å². The first kappa shape index (κ1) is 16.1. The Balaban J connectivity index is 1.75. The Bertz CT molecular complexity index is 929. The number of aryl methyl sites for hydroxylation is 1. The summed E-state index contributed by atoms with van der Waals surface area (Å²) in [4.78, 5) is 17.1. The smallest absolute Gasteiger partial charge is 0.254 e. The number of halogens is 1. The first-order valence-corrected chi connectivity index (χ1v) is 8.93. The maximum atomic E-state index is 12.6. The van der Waals surface area contributed by atoms with Crippen LogP contribution in [0.5, 0.6) is 0 Å². The van der Waals surface area contributed by atoms with Crippen LogP contribution in [0, 0.1) is 6.92 Å². The first-order valence-electron chi connectivity index (χ1n) is 8.55. The molecule has 2 aromatic heterocycles. The van der Waals surface area contributed by atoms with Gasteiger partial charge in [-0.15, -0.1) is 0 Å². The van der Waals surface area contributed by atoms with E-state index in [2.05, 4.69) is 15.4 Å². The van der Waals surface area contributed by atoms with Crippen molar-refractivity contribution in [2.45, 2.75) is 38.6 Å². The van der Waals surface area contributed by atoms with Crippen LogP contribution in [0.1, 0.15) is 41.7 Å². The third-order valence-corrected chi connectivity index (χ3v) is 5.14. The topological polar surface area (TPSA) is 59.8 Å². The van der Waals surface area contributed by atoms with Gasteiger partial charge in [0.1, 0.15) is 0 Å². The molecule has 1 saturated carbocycles. The summed E-state index contributed by atoms with van der Waals surface area (Å²) in [6.45, 7) is 1.88. The van der Waals surface area contributed by atoms with Crippen molar-refractivity contribution in [3.63, 3.8) is 0 Å². The van der Waals surface area contributed by atoms with Gasteiger partial charge in [0, 0.05) is 12.2 Å². The van der Waals surface area contributed by atoms with Crippen LogP contribution in [-0.4, -0.2) is 26.7 Å². The Morgan fingerprint density at radius 1 is 1.24 bits per heavy atom. The largest absolute Gasteiger partial charge is 0.349 e. The number of nitrogens with zero attached hydrogens (tertiary/aromatic N) is 3. The van der Waals surface area contributed by atoms with Gasteiger partial charge in [0.2, 0.25) is 0 Å². The van der Waals surface area contributed by atoms with Crippen molar-refractivity contribution in [1.29, 1.82) is 0 Å². The van der Waals surface area contributed by atoms with Gasteiger partial charge >= 0.3 is 0 Å². The van der Waals surface area contributed by atoms with E-state index in [0.717, 1.165) is 29.6 Å². The van der Waals surface area contributed by atoms with Gasteiger partial charge in [0.25, 0.3) is 5.91 Å². The van der Waals surface area contributed by atoms with Gasteiger partial charge in [0.05, 0.1) is 27.4 Å². The number of aromatic nitrogens is 3. The number of fused-ring (bicyclic) bond motifs is 1. The molecule has 5 nitrogen and oxygen atoms in total. The third-order valence-electron chi connectivity index (χ3n) is 4.74. The Labute approximate surface area is 151 Å². The number of hydrogen-bond acceptors (Lipinski definition) is 3. The lowest BCUT2D eigenvalue weighted by molar-refractivity contribution is 0.0938. The molecule has 25 heavy (non-hydrogen) atoms. The Hall–Kier alpha value is -2.40. The minimum Gasteiger partial charge on any atom is -0.349 e. The molecule has 0 atom stereocenters. The molecule has 0 unspecified atom stereocenters. The molecular weight excluding hydrogens is 336 g/mol. The number of amides is 1. The van der Waals surface area contributed by atoms with Crippen LogP contribution in [0.25, 0.3) is 16.7 Å². The quantitative estimate of drug-likeness (QED) is 0.771. The molecule has 128 valence electrons. The highest BCUT2D eigenvalue weighted by Crippen LogP contribution is 2.30. The molecule has 0 spiro atoms. The van der Waals surface area contributed by atoms with E-state index in [1.165, 1.54) is 12.8 Å². The molecule has 3 aromatic rings. The van der Waals surface area contributed by atoms with Crippen molar-refractivity contribution >= 4 is 28.5 Å². The van der Waals surface area contributed by atoms with Crippen molar-refractivity contribution in [2.75, 3.05) is 0 Å². The monoisotopic (exact) mass is 354 g/mol. The SMILES string of the molecule is Cc1nn(-c2ccccc2)c2ncc(C(=O)NC3CCCC3)c(Cl)c12. The maximum absolute atomic E-state index is 12.6. The van der Waals surface area contributed by atoms with Crippen LogP contribution in [0.15, 0.2) is 36.5 Å². The number of para-hydroxylation sites is 1. The molecule has 1 aromatic carbocycles. The lowest BCUT2D eigenvalue weighted by Gasteiger charge is -2.13.